The summed E-state index contributed by atoms with van der Waals surface area (Å²) in [5.41, 5.74) is 0. The number of nitrogens with one attached hydrogen (secondary N) is 1. The summed E-state index contributed by atoms with van der Waals surface area (Å²) in [5, 5.41) is 3.10. The van der Waals surface area contributed by atoms with Crippen LogP contribution in [0, 0.1) is 0 Å². The molecule has 1 saturated carbocycles. The van der Waals surface area contributed by atoms with Crippen LogP contribution in [0.4, 0.5) is 0 Å². The van der Waals surface area contributed by atoms with Crippen molar-refractivity contribution in [3.05, 3.63) is 0 Å². The van der Waals surface area contributed by atoms with Crippen molar-refractivity contribution in [2.75, 3.05) is 13.7 Å². The lowest BCUT2D eigenvalue weighted by atomic mass is 9.93. The van der Waals surface area contributed by atoms with E-state index < -0.39 is 0 Å². The highest BCUT2D eigenvalue weighted by Gasteiger charge is 2.17. The van der Waals surface area contributed by atoms with Gasteiger partial charge in [0.2, 0.25) is 0 Å². The molecule has 3 nitrogen and oxygen atoms in total. The average molecular weight is 143 g/mol. The molecule has 3 heteroatoms. The second-order valence-corrected chi connectivity index (χ2v) is 2.58. The van der Waals surface area contributed by atoms with Crippen molar-refractivity contribution in [3.63, 3.8) is 0 Å². The van der Waals surface area contributed by atoms with E-state index in [1.54, 1.807) is 0 Å². The number of carbonyl (C=O) groups is 1. The molecule has 1 aliphatic carbocycles. The Morgan fingerprint density at radius 2 is 2.40 bits per heavy atom. The highest BCUT2D eigenvalue weighted by Crippen LogP contribution is 2.17. The van der Waals surface area contributed by atoms with Gasteiger partial charge in [0.1, 0.15) is 0 Å². The zero-order chi connectivity index (χ0) is 7.40. The van der Waals surface area contributed by atoms with Crippen LogP contribution in [0.3, 0.4) is 0 Å². The van der Waals surface area contributed by atoms with E-state index in [4.69, 9.17) is 0 Å². The summed E-state index contributed by atoms with van der Waals surface area (Å²) in [6.07, 6.45) is 3.70. The molecule has 58 valence electrons. The van der Waals surface area contributed by atoms with Crippen LogP contribution in [0.1, 0.15) is 19.3 Å². The lowest BCUT2D eigenvalue weighted by molar-refractivity contribution is -0.139. The van der Waals surface area contributed by atoms with Crippen LogP contribution in [0.15, 0.2) is 0 Å². The number of ether oxygens (including phenoxy) is 1. The van der Waals surface area contributed by atoms with Crippen LogP contribution in [0.25, 0.3) is 0 Å². The average Bonchev–Trinajstić information content (AvgIpc) is 1.84. The molecule has 0 aromatic rings. The molecule has 1 rings (SSSR count). The Hall–Kier alpha value is -0.570. The van der Waals surface area contributed by atoms with Crippen LogP contribution in [0.2, 0.25) is 0 Å². The van der Waals surface area contributed by atoms with Gasteiger partial charge in [0.05, 0.1) is 13.7 Å². The molecular weight excluding hydrogens is 130 g/mol. The van der Waals surface area contributed by atoms with E-state index >= 15 is 0 Å². The second kappa shape index (κ2) is 3.56. The van der Waals surface area contributed by atoms with Crippen molar-refractivity contribution in [1.82, 2.24) is 5.32 Å². The van der Waals surface area contributed by atoms with Gasteiger partial charge in [0, 0.05) is 6.04 Å². The largest absolute Gasteiger partial charge is 0.468 e. The summed E-state index contributed by atoms with van der Waals surface area (Å²) in [4.78, 5) is 10.6. The summed E-state index contributed by atoms with van der Waals surface area (Å²) in [7, 11) is 1.41. The van der Waals surface area contributed by atoms with Crippen molar-refractivity contribution in [1.29, 1.82) is 0 Å². The van der Waals surface area contributed by atoms with E-state index in [0.717, 1.165) is 0 Å². The SMILES string of the molecule is COC(=O)CNC1CCC1. The summed E-state index contributed by atoms with van der Waals surface area (Å²) >= 11 is 0. The van der Waals surface area contributed by atoms with Crippen molar-refractivity contribution < 1.29 is 9.53 Å². The first-order valence-corrected chi connectivity index (χ1v) is 3.63. The van der Waals surface area contributed by atoms with Crippen molar-refractivity contribution in [2.45, 2.75) is 25.3 Å². The summed E-state index contributed by atoms with van der Waals surface area (Å²) in [5.74, 6) is -0.174. The van der Waals surface area contributed by atoms with E-state index in [1.165, 1.54) is 26.4 Å². The van der Waals surface area contributed by atoms with Gasteiger partial charge in [-0.3, -0.25) is 4.79 Å². The molecule has 0 bridgehead atoms. The lowest BCUT2D eigenvalue weighted by Gasteiger charge is -2.25. The van der Waals surface area contributed by atoms with E-state index in [1.807, 2.05) is 0 Å². The maximum atomic E-state index is 10.6. The van der Waals surface area contributed by atoms with Gasteiger partial charge in [0.25, 0.3) is 0 Å². The van der Waals surface area contributed by atoms with Gasteiger partial charge in [-0.25, -0.2) is 0 Å². The normalized spacial score (nSPS) is 18.1. The third kappa shape index (κ3) is 1.99. The van der Waals surface area contributed by atoms with Gasteiger partial charge in [0.15, 0.2) is 0 Å². The van der Waals surface area contributed by atoms with Crippen LogP contribution >= 0.6 is 0 Å². The van der Waals surface area contributed by atoms with Crippen molar-refractivity contribution >= 4 is 5.97 Å². The Morgan fingerprint density at radius 1 is 1.70 bits per heavy atom. The molecule has 10 heavy (non-hydrogen) atoms. The number of rotatable bonds is 3. The summed E-state index contributed by atoms with van der Waals surface area (Å²) in [6, 6.07) is 0.569. The Morgan fingerprint density at radius 3 is 2.80 bits per heavy atom. The Kier molecular flexibility index (Phi) is 2.68. The molecule has 0 aliphatic heterocycles. The fourth-order valence-corrected chi connectivity index (χ4v) is 0.912. The Bertz CT molecular complexity index is 121. The second-order valence-electron chi connectivity index (χ2n) is 2.58. The highest BCUT2D eigenvalue weighted by atomic mass is 16.5. The molecule has 0 spiro atoms. The molecule has 1 aliphatic rings. The zero-order valence-corrected chi connectivity index (χ0v) is 6.22. The maximum Gasteiger partial charge on any atom is 0.319 e. The summed E-state index contributed by atoms with van der Waals surface area (Å²) < 4.78 is 4.47. The van der Waals surface area contributed by atoms with Crippen molar-refractivity contribution in [3.8, 4) is 0 Å². The number of esters is 1. The first-order chi connectivity index (χ1) is 4.83. The molecular formula is C7H13NO2. The first kappa shape index (κ1) is 7.54. The van der Waals surface area contributed by atoms with Gasteiger partial charge < -0.3 is 10.1 Å². The molecule has 0 unspecified atom stereocenters. The van der Waals surface area contributed by atoms with Crippen LogP contribution in [-0.4, -0.2) is 25.7 Å². The van der Waals surface area contributed by atoms with E-state index in [9.17, 15) is 4.79 Å². The number of hydrogen-bond donors (Lipinski definition) is 1. The lowest BCUT2D eigenvalue weighted by Crippen LogP contribution is -2.38. The summed E-state index contributed by atoms with van der Waals surface area (Å²) in [6.45, 7) is 0.362. The van der Waals surface area contributed by atoms with Gasteiger partial charge in [-0.05, 0) is 12.8 Å². The minimum absolute atomic E-state index is 0.174. The fraction of sp³-hybridized carbons (Fsp3) is 0.857. The van der Waals surface area contributed by atoms with Gasteiger partial charge >= 0.3 is 5.97 Å². The molecule has 1 fully saturated rings. The maximum absolute atomic E-state index is 10.6. The fourth-order valence-electron chi connectivity index (χ4n) is 0.912. The monoisotopic (exact) mass is 143 g/mol. The topological polar surface area (TPSA) is 38.3 Å². The first-order valence-electron chi connectivity index (χ1n) is 3.63. The molecule has 0 heterocycles. The highest BCUT2D eigenvalue weighted by molar-refractivity contribution is 5.71. The minimum atomic E-state index is -0.174. The number of hydrogen-bond acceptors (Lipinski definition) is 3. The minimum Gasteiger partial charge on any atom is -0.468 e. The third-order valence-corrected chi connectivity index (χ3v) is 1.87. The van der Waals surface area contributed by atoms with E-state index in [-0.39, 0.29) is 5.97 Å². The van der Waals surface area contributed by atoms with Crippen LogP contribution in [-0.2, 0) is 9.53 Å². The van der Waals surface area contributed by atoms with Gasteiger partial charge in [-0.1, -0.05) is 6.42 Å². The number of carbonyl (C=O) groups excluding carboxylic acids is 1. The quantitative estimate of drug-likeness (QED) is 0.577. The molecule has 1 N–H and O–H groups in total. The van der Waals surface area contributed by atoms with Crippen LogP contribution < -0.4 is 5.32 Å². The molecule has 0 amide bonds. The standard InChI is InChI=1S/C7H13NO2/c1-10-7(9)5-8-6-3-2-4-6/h6,8H,2-5H2,1H3. The van der Waals surface area contributed by atoms with E-state index in [0.29, 0.717) is 12.6 Å². The zero-order valence-electron chi connectivity index (χ0n) is 6.22. The molecule has 0 atom stereocenters. The molecule has 0 aromatic heterocycles. The van der Waals surface area contributed by atoms with Crippen molar-refractivity contribution in [2.24, 2.45) is 0 Å². The third-order valence-electron chi connectivity index (χ3n) is 1.87. The molecule has 0 saturated heterocycles. The molecule has 0 aromatic carbocycles. The van der Waals surface area contributed by atoms with E-state index in [2.05, 4.69) is 10.1 Å². The Balaban J connectivity index is 1.98. The smallest absolute Gasteiger partial charge is 0.319 e. The van der Waals surface area contributed by atoms with Gasteiger partial charge in [-0.15, -0.1) is 0 Å². The predicted octanol–water partition coefficient (Wildman–Crippen LogP) is 0.301. The molecule has 0 radical (unpaired) electrons. The van der Waals surface area contributed by atoms with Crippen LogP contribution in [0.5, 0.6) is 0 Å². The number of methoxy groups -OCH3 is 1. The Labute approximate surface area is 60.7 Å². The predicted molar refractivity (Wildman–Crippen MR) is 37.7 cm³/mol. The van der Waals surface area contributed by atoms with Gasteiger partial charge in [-0.2, -0.15) is 0 Å².